The Morgan fingerprint density at radius 2 is 2.04 bits per heavy atom. The van der Waals surface area contributed by atoms with Gasteiger partial charge in [-0.15, -0.1) is 0 Å². The maximum atomic E-state index is 12.6. The van der Waals surface area contributed by atoms with E-state index in [0.29, 0.717) is 22.8 Å². The van der Waals surface area contributed by atoms with E-state index in [0.717, 1.165) is 22.8 Å². The number of nitrogens with one attached hydrogen (secondary N) is 2. The lowest BCUT2D eigenvalue weighted by Gasteiger charge is -2.09. The lowest BCUT2D eigenvalue weighted by Crippen LogP contribution is -2.26. The molecule has 0 aliphatic carbocycles. The van der Waals surface area contributed by atoms with Crippen LogP contribution < -0.4 is 5.32 Å². The number of H-pyrrole nitrogens is 1. The van der Waals surface area contributed by atoms with Crippen molar-refractivity contribution < 1.29 is 4.79 Å². The van der Waals surface area contributed by atoms with Gasteiger partial charge in [-0.2, -0.15) is 0 Å². The number of carbonyl (C=O) groups is 1. The highest BCUT2D eigenvalue weighted by molar-refractivity contribution is 6.31. The summed E-state index contributed by atoms with van der Waals surface area (Å²) in [6.45, 7) is 2.41. The molecule has 0 saturated heterocycles. The van der Waals surface area contributed by atoms with Gasteiger partial charge in [0.2, 0.25) is 0 Å². The smallest absolute Gasteiger partial charge is 0.253 e. The first-order valence-corrected chi connectivity index (χ1v) is 8.90. The third kappa shape index (κ3) is 3.16. The van der Waals surface area contributed by atoms with E-state index in [1.807, 2.05) is 49.5 Å². The van der Waals surface area contributed by atoms with Gasteiger partial charge in [-0.3, -0.25) is 9.78 Å². The van der Waals surface area contributed by atoms with Gasteiger partial charge in [-0.25, -0.2) is 0 Å². The summed E-state index contributed by atoms with van der Waals surface area (Å²) >= 11 is 6.05. The minimum Gasteiger partial charge on any atom is -0.361 e. The lowest BCUT2D eigenvalue weighted by molar-refractivity contribution is 0.0953. The molecule has 0 atom stereocenters. The number of carbonyl (C=O) groups excluding carboxylic acids is 1. The van der Waals surface area contributed by atoms with Crippen LogP contribution in [-0.2, 0) is 6.42 Å². The second-order valence-corrected chi connectivity index (χ2v) is 6.76. The molecule has 1 amide bonds. The summed E-state index contributed by atoms with van der Waals surface area (Å²) in [5.74, 6) is -0.114. The number of aryl methyl sites for hydroxylation is 1. The first-order valence-electron chi connectivity index (χ1n) is 8.52. The second-order valence-electron chi connectivity index (χ2n) is 6.32. The third-order valence-electron chi connectivity index (χ3n) is 4.57. The van der Waals surface area contributed by atoms with Crippen molar-refractivity contribution >= 4 is 39.3 Å². The van der Waals surface area contributed by atoms with E-state index < -0.39 is 0 Å². The maximum Gasteiger partial charge on any atom is 0.253 e. The van der Waals surface area contributed by atoms with E-state index in [2.05, 4.69) is 21.4 Å². The fourth-order valence-corrected chi connectivity index (χ4v) is 3.40. The van der Waals surface area contributed by atoms with Crippen molar-refractivity contribution in [3.05, 3.63) is 76.6 Å². The number of benzene rings is 2. The van der Waals surface area contributed by atoms with Gasteiger partial charge in [0, 0.05) is 34.1 Å². The van der Waals surface area contributed by atoms with E-state index >= 15 is 0 Å². The number of amides is 1. The van der Waals surface area contributed by atoms with Crippen LogP contribution in [0.25, 0.3) is 21.8 Å². The molecule has 0 aliphatic rings. The quantitative estimate of drug-likeness (QED) is 0.554. The third-order valence-corrected chi connectivity index (χ3v) is 4.80. The van der Waals surface area contributed by atoms with E-state index in [-0.39, 0.29) is 5.91 Å². The second kappa shape index (κ2) is 6.81. The lowest BCUT2D eigenvalue weighted by atomic mass is 10.1. The molecule has 2 aromatic carbocycles. The van der Waals surface area contributed by atoms with Gasteiger partial charge < -0.3 is 10.3 Å². The average molecular weight is 364 g/mol. The summed E-state index contributed by atoms with van der Waals surface area (Å²) in [6.07, 6.45) is 2.77. The van der Waals surface area contributed by atoms with Crippen molar-refractivity contribution in [2.45, 2.75) is 13.3 Å². The van der Waals surface area contributed by atoms with Crippen LogP contribution in [0, 0.1) is 6.92 Å². The Balaban J connectivity index is 1.49. The van der Waals surface area contributed by atoms with Crippen molar-refractivity contribution in [3.63, 3.8) is 0 Å². The van der Waals surface area contributed by atoms with Crippen LogP contribution in [-0.4, -0.2) is 22.4 Å². The van der Waals surface area contributed by atoms with Gasteiger partial charge >= 0.3 is 0 Å². The summed E-state index contributed by atoms with van der Waals surface area (Å²) in [7, 11) is 0. The molecule has 26 heavy (non-hydrogen) atoms. The number of para-hydroxylation sites is 1. The maximum absolute atomic E-state index is 12.6. The number of pyridine rings is 1. The molecule has 2 N–H and O–H groups in total. The molecule has 0 saturated carbocycles. The summed E-state index contributed by atoms with van der Waals surface area (Å²) in [6, 6.07) is 15.5. The van der Waals surface area contributed by atoms with Gasteiger partial charge in [-0.1, -0.05) is 29.8 Å². The van der Waals surface area contributed by atoms with Gasteiger partial charge in [0.1, 0.15) is 0 Å². The molecule has 0 bridgehead atoms. The minimum atomic E-state index is -0.114. The zero-order valence-corrected chi connectivity index (χ0v) is 15.1. The molecule has 0 radical (unpaired) electrons. The van der Waals surface area contributed by atoms with Crippen LogP contribution in [0.4, 0.5) is 0 Å². The zero-order chi connectivity index (χ0) is 18.1. The van der Waals surface area contributed by atoms with Crippen molar-refractivity contribution in [2.24, 2.45) is 0 Å². The molecular weight excluding hydrogens is 346 g/mol. The van der Waals surface area contributed by atoms with Crippen LogP contribution in [0.5, 0.6) is 0 Å². The van der Waals surface area contributed by atoms with Gasteiger partial charge in [-0.05, 0) is 49.2 Å². The molecule has 0 aliphatic heterocycles. The molecule has 0 spiro atoms. The van der Waals surface area contributed by atoms with Crippen LogP contribution in [0.2, 0.25) is 5.02 Å². The summed E-state index contributed by atoms with van der Waals surface area (Å²) in [5, 5.41) is 5.69. The Labute approximate surface area is 156 Å². The molecule has 130 valence electrons. The Kier molecular flexibility index (Phi) is 4.35. The van der Waals surface area contributed by atoms with E-state index in [1.54, 1.807) is 6.07 Å². The Morgan fingerprint density at radius 3 is 2.92 bits per heavy atom. The number of halogens is 1. The van der Waals surface area contributed by atoms with Crippen LogP contribution in [0.3, 0.4) is 0 Å². The number of hydrogen-bond donors (Lipinski definition) is 2. The van der Waals surface area contributed by atoms with Crippen molar-refractivity contribution in [2.75, 3.05) is 6.54 Å². The zero-order valence-electron chi connectivity index (χ0n) is 14.3. The highest BCUT2D eigenvalue weighted by atomic mass is 35.5. The Morgan fingerprint density at radius 1 is 1.19 bits per heavy atom. The van der Waals surface area contributed by atoms with Crippen molar-refractivity contribution in [3.8, 4) is 0 Å². The molecule has 4 nitrogen and oxygen atoms in total. The van der Waals surface area contributed by atoms with Gasteiger partial charge in [0.05, 0.1) is 16.8 Å². The number of aromatic amines is 1. The topological polar surface area (TPSA) is 57.8 Å². The van der Waals surface area contributed by atoms with Crippen molar-refractivity contribution in [1.29, 1.82) is 0 Å². The molecule has 0 unspecified atom stereocenters. The summed E-state index contributed by atoms with van der Waals surface area (Å²) in [4.78, 5) is 20.4. The van der Waals surface area contributed by atoms with Crippen LogP contribution >= 0.6 is 11.6 Å². The fourth-order valence-electron chi connectivity index (χ4n) is 3.22. The van der Waals surface area contributed by atoms with E-state index in [4.69, 9.17) is 11.6 Å². The standard InChI is InChI=1S/C21H18ClN3O/c1-13-18(11-15-10-16(22)6-7-19(15)25-13)21(26)23-9-8-14-12-24-20-5-3-2-4-17(14)20/h2-7,10-12,24H,8-9H2,1H3,(H,23,26). The molecule has 2 heterocycles. The fraction of sp³-hybridized carbons (Fsp3) is 0.143. The molecule has 4 rings (SSSR count). The molecule has 0 fully saturated rings. The molecule has 5 heteroatoms. The van der Waals surface area contributed by atoms with Gasteiger partial charge in [0.25, 0.3) is 5.91 Å². The van der Waals surface area contributed by atoms with Crippen molar-refractivity contribution in [1.82, 2.24) is 15.3 Å². The normalized spacial score (nSPS) is 11.2. The summed E-state index contributed by atoms with van der Waals surface area (Å²) in [5.41, 5.74) is 4.44. The number of fused-ring (bicyclic) bond motifs is 2. The highest BCUT2D eigenvalue weighted by Crippen LogP contribution is 2.21. The van der Waals surface area contributed by atoms with Crippen LogP contribution in [0.1, 0.15) is 21.6 Å². The predicted molar refractivity (Wildman–Crippen MR) is 106 cm³/mol. The van der Waals surface area contributed by atoms with E-state index in [1.165, 1.54) is 10.9 Å². The Hall–Kier alpha value is -2.85. The molecular formula is C21H18ClN3O. The number of aromatic nitrogens is 2. The summed E-state index contributed by atoms with van der Waals surface area (Å²) < 4.78 is 0. The predicted octanol–water partition coefficient (Wildman–Crippen LogP) is 4.65. The number of rotatable bonds is 4. The molecule has 2 aromatic heterocycles. The number of nitrogens with zero attached hydrogens (tertiary/aromatic N) is 1. The van der Waals surface area contributed by atoms with E-state index in [9.17, 15) is 4.79 Å². The Bertz CT molecular complexity index is 1120. The SMILES string of the molecule is Cc1nc2ccc(Cl)cc2cc1C(=O)NCCc1c[nH]c2ccccc12. The minimum absolute atomic E-state index is 0.114. The number of hydrogen-bond acceptors (Lipinski definition) is 2. The molecule has 4 aromatic rings. The first kappa shape index (κ1) is 16.6. The average Bonchev–Trinajstić information content (AvgIpc) is 3.05. The highest BCUT2D eigenvalue weighted by Gasteiger charge is 2.12. The largest absolute Gasteiger partial charge is 0.361 e. The van der Waals surface area contributed by atoms with Crippen LogP contribution in [0.15, 0.2) is 54.7 Å². The monoisotopic (exact) mass is 363 g/mol. The van der Waals surface area contributed by atoms with Gasteiger partial charge in [0.15, 0.2) is 0 Å². The first-order chi connectivity index (χ1) is 12.6.